The van der Waals surface area contributed by atoms with Crippen molar-refractivity contribution in [3.63, 3.8) is 0 Å². The van der Waals surface area contributed by atoms with Crippen LogP contribution in [0.4, 0.5) is 5.00 Å². The number of thiophene rings is 1. The van der Waals surface area contributed by atoms with E-state index in [0.29, 0.717) is 12.1 Å². The van der Waals surface area contributed by atoms with Gasteiger partial charge in [0.25, 0.3) is 0 Å². The summed E-state index contributed by atoms with van der Waals surface area (Å²) < 4.78 is 0. The van der Waals surface area contributed by atoms with Crippen LogP contribution in [0.15, 0.2) is 22.5 Å². The Bertz CT molecular complexity index is 497. The molecule has 1 saturated heterocycles. The van der Waals surface area contributed by atoms with Crippen LogP contribution >= 0.6 is 35.3 Å². The lowest BCUT2D eigenvalue weighted by Crippen LogP contribution is -2.49. The zero-order valence-electron chi connectivity index (χ0n) is 14.8. The summed E-state index contributed by atoms with van der Waals surface area (Å²) in [5, 5.41) is 10.9. The fourth-order valence-electron chi connectivity index (χ4n) is 3.47. The molecule has 136 valence electrons. The van der Waals surface area contributed by atoms with Gasteiger partial charge in [0.05, 0.1) is 5.00 Å². The number of anilines is 1. The predicted molar refractivity (Wildman–Crippen MR) is 116 cm³/mol. The number of guanidine groups is 1. The summed E-state index contributed by atoms with van der Waals surface area (Å²) in [4.78, 5) is 7.15. The zero-order valence-corrected chi connectivity index (χ0v) is 18.0. The first kappa shape index (κ1) is 19.8. The molecule has 1 aliphatic carbocycles. The molecule has 0 aromatic carbocycles. The second-order valence-electron chi connectivity index (χ2n) is 6.72. The van der Waals surface area contributed by atoms with Gasteiger partial charge in [-0.15, -0.1) is 35.3 Å². The highest BCUT2D eigenvalue weighted by Crippen LogP contribution is 2.34. The highest BCUT2D eigenvalue weighted by molar-refractivity contribution is 14.0. The zero-order chi connectivity index (χ0) is 16.1. The molecule has 2 heterocycles. The number of aliphatic imine (C=N–C) groups is 1. The Morgan fingerprint density at radius 1 is 1.29 bits per heavy atom. The number of nitrogens with one attached hydrogen (secondary N) is 2. The number of halogens is 1. The maximum Gasteiger partial charge on any atom is 0.191 e. The van der Waals surface area contributed by atoms with Crippen molar-refractivity contribution in [3.05, 3.63) is 17.5 Å². The third-order valence-corrected chi connectivity index (χ3v) is 5.80. The summed E-state index contributed by atoms with van der Waals surface area (Å²) in [6.07, 6.45) is 6.32. The van der Waals surface area contributed by atoms with Crippen LogP contribution in [0.2, 0.25) is 0 Å². The molecule has 0 spiro atoms. The van der Waals surface area contributed by atoms with E-state index in [4.69, 9.17) is 0 Å². The van der Waals surface area contributed by atoms with Crippen molar-refractivity contribution in [3.8, 4) is 0 Å². The molecule has 3 rings (SSSR count). The molecule has 2 atom stereocenters. The van der Waals surface area contributed by atoms with Crippen LogP contribution in [-0.2, 0) is 0 Å². The summed E-state index contributed by atoms with van der Waals surface area (Å²) >= 11 is 1.84. The predicted octanol–water partition coefficient (Wildman–Crippen LogP) is 4.08. The molecule has 0 radical (unpaired) electrons. The van der Waals surface area contributed by atoms with Gasteiger partial charge in [0, 0.05) is 31.7 Å². The fourth-order valence-corrected chi connectivity index (χ4v) is 4.25. The van der Waals surface area contributed by atoms with Crippen molar-refractivity contribution in [1.29, 1.82) is 0 Å². The van der Waals surface area contributed by atoms with Crippen molar-refractivity contribution < 1.29 is 0 Å². The normalized spacial score (nSPS) is 24.4. The van der Waals surface area contributed by atoms with Crippen LogP contribution in [0.3, 0.4) is 0 Å². The molecular weight excluding hydrogens is 431 g/mol. The SMILES string of the molecule is CCCC1CC1NC(=NCC)NC1CCN(c2cccs2)CC1.I. The maximum atomic E-state index is 4.64. The second kappa shape index (κ2) is 9.85. The van der Waals surface area contributed by atoms with Crippen molar-refractivity contribution in [2.75, 3.05) is 24.5 Å². The average Bonchev–Trinajstić information content (AvgIpc) is 3.06. The monoisotopic (exact) mass is 462 g/mol. The Balaban J connectivity index is 0.00000208. The highest BCUT2D eigenvalue weighted by atomic mass is 127. The Hall–Kier alpha value is -0.500. The number of rotatable bonds is 6. The van der Waals surface area contributed by atoms with Crippen molar-refractivity contribution in [2.24, 2.45) is 10.9 Å². The largest absolute Gasteiger partial charge is 0.363 e. The van der Waals surface area contributed by atoms with E-state index < -0.39 is 0 Å². The van der Waals surface area contributed by atoms with Crippen LogP contribution in [-0.4, -0.2) is 37.7 Å². The van der Waals surface area contributed by atoms with E-state index in [-0.39, 0.29) is 24.0 Å². The van der Waals surface area contributed by atoms with Gasteiger partial charge in [-0.2, -0.15) is 0 Å². The molecule has 4 nitrogen and oxygen atoms in total. The third-order valence-electron chi connectivity index (χ3n) is 4.87. The van der Waals surface area contributed by atoms with E-state index in [1.165, 1.54) is 37.1 Å². The van der Waals surface area contributed by atoms with Crippen LogP contribution in [0.25, 0.3) is 0 Å². The van der Waals surface area contributed by atoms with Gasteiger partial charge in [0.1, 0.15) is 0 Å². The molecule has 24 heavy (non-hydrogen) atoms. The third kappa shape index (κ3) is 5.51. The first-order chi connectivity index (χ1) is 11.3. The van der Waals surface area contributed by atoms with Crippen LogP contribution < -0.4 is 15.5 Å². The topological polar surface area (TPSA) is 39.7 Å². The molecule has 1 aromatic heterocycles. The highest BCUT2D eigenvalue weighted by Gasteiger charge is 2.36. The fraction of sp³-hybridized carbons (Fsp3) is 0.722. The summed E-state index contributed by atoms with van der Waals surface area (Å²) in [5.74, 6) is 1.90. The Labute approximate surface area is 167 Å². The molecule has 0 bridgehead atoms. The minimum absolute atomic E-state index is 0. The van der Waals surface area contributed by atoms with E-state index in [1.54, 1.807) is 0 Å². The molecule has 2 unspecified atom stereocenters. The maximum absolute atomic E-state index is 4.64. The van der Waals surface area contributed by atoms with E-state index in [0.717, 1.165) is 31.5 Å². The van der Waals surface area contributed by atoms with Gasteiger partial charge in [-0.3, -0.25) is 4.99 Å². The van der Waals surface area contributed by atoms with Gasteiger partial charge >= 0.3 is 0 Å². The summed E-state index contributed by atoms with van der Waals surface area (Å²) in [6, 6.07) is 5.57. The Morgan fingerprint density at radius 3 is 2.71 bits per heavy atom. The van der Waals surface area contributed by atoms with Gasteiger partial charge in [-0.25, -0.2) is 0 Å². The first-order valence-electron chi connectivity index (χ1n) is 9.16. The molecule has 0 amide bonds. The number of piperidine rings is 1. The minimum Gasteiger partial charge on any atom is -0.363 e. The van der Waals surface area contributed by atoms with Crippen LogP contribution in [0.5, 0.6) is 0 Å². The van der Waals surface area contributed by atoms with Gasteiger partial charge in [-0.1, -0.05) is 13.3 Å². The Kier molecular flexibility index (Phi) is 8.13. The molecular formula is C18H31IN4S. The summed E-state index contributed by atoms with van der Waals surface area (Å²) in [5.41, 5.74) is 0. The molecule has 1 aliphatic heterocycles. The van der Waals surface area contributed by atoms with Gasteiger partial charge < -0.3 is 15.5 Å². The van der Waals surface area contributed by atoms with Crippen molar-refractivity contribution in [1.82, 2.24) is 10.6 Å². The van der Waals surface area contributed by atoms with Gasteiger partial charge in [-0.05, 0) is 56.0 Å². The smallest absolute Gasteiger partial charge is 0.191 e. The molecule has 2 N–H and O–H groups in total. The average molecular weight is 462 g/mol. The number of nitrogens with zero attached hydrogens (tertiary/aromatic N) is 2. The van der Waals surface area contributed by atoms with Crippen molar-refractivity contribution >= 4 is 46.3 Å². The standard InChI is InChI=1S/C18H30N4S.HI/c1-3-6-14-13-16(14)21-18(19-4-2)20-15-8-10-22(11-9-15)17-7-5-12-23-17;/h5,7,12,14-16H,3-4,6,8-11,13H2,1-2H3,(H2,19,20,21);1H. The number of hydrogen-bond donors (Lipinski definition) is 2. The molecule has 6 heteroatoms. The lowest BCUT2D eigenvalue weighted by molar-refractivity contribution is 0.461. The summed E-state index contributed by atoms with van der Waals surface area (Å²) in [6.45, 7) is 7.50. The quantitative estimate of drug-likeness (QED) is 0.380. The minimum atomic E-state index is 0. The van der Waals surface area contributed by atoms with E-state index in [1.807, 2.05) is 11.3 Å². The van der Waals surface area contributed by atoms with Gasteiger partial charge in [0.2, 0.25) is 0 Å². The van der Waals surface area contributed by atoms with E-state index >= 15 is 0 Å². The van der Waals surface area contributed by atoms with Crippen molar-refractivity contribution in [2.45, 2.75) is 58.0 Å². The van der Waals surface area contributed by atoms with Crippen LogP contribution in [0.1, 0.15) is 46.0 Å². The summed E-state index contributed by atoms with van der Waals surface area (Å²) in [7, 11) is 0. The molecule has 1 saturated carbocycles. The lowest BCUT2D eigenvalue weighted by atomic mass is 10.1. The second-order valence-corrected chi connectivity index (χ2v) is 7.64. The lowest BCUT2D eigenvalue weighted by Gasteiger charge is -2.33. The Morgan fingerprint density at radius 2 is 2.08 bits per heavy atom. The molecule has 2 fully saturated rings. The molecule has 2 aliphatic rings. The van der Waals surface area contributed by atoms with E-state index in [2.05, 4.69) is 51.9 Å². The van der Waals surface area contributed by atoms with Crippen LogP contribution in [0, 0.1) is 5.92 Å². The van der Waals surface area contributed by atoms with E-state index in [9.17, 15) is 0 Å². The first-order valence-corrected chi connectivity index (χ1v) is 10.0. The van der Waals surface area contributed by atoms with Gasteiger partial charge in [0.15, 0.2) is 5.96 Å². The molecule has 1 aromatic rings. The number of hydrogen-bond acceptors (Lipinski definition) is 3.